The number of carbonyl (C=O) groups excluding carboxylic acids is 1. The van der Waals surface area contributed by atoms with Gasteiger partial charge in [-0.1, -0.05) is 6.07 Å². The van der Waals surface area contributed by atoms with Crippen LogP contribution in [-0.4, -0.2) is 54.0 Å². The highest BCUT2D eigenvalue weighted by Gasteiger charge is 2.30. The number of rotatable bonds is 4. The summed E-state index contributed by atoms with van der Waals surface area (Å²) in [4.78, 5) is 17.3. The molecule has 0 aliphatic carbocycles. The number of aryl methyl sites for hydroxylation is 1. The van der Waals surface area contributed by atoms with Crippen LogP contribution in [-0.2, 0) is 4.79 Å². The molecule has 1 unspecified atom stereocenters. The van der Waals surface area contributed by atoms with Crippen molar-refractivity contribution in [1.82, 2.24) is 9.80 Å². The summed E-state index contributed by atoms with van der Waals surface area (Å²) in [5.74, 6) is -0.343. The van der Waals surface area contributed by atoms with Gasteiger partial charge in [-0.05, 0) is 70.3 Å². The van der Waals surface area contributed by atoms with Gasteiger partial charge in [0.15, 0.2) is 0 Å². The summed E-state index contributed by atoms with van der Waals surface area (Å²) in [5, 5.41) is 2.84. The normalized spacial score (nSPS) is 21.8. The van der Waals surface area contributed by atoms with E-state index in [-0.39, 0.29) is 17.8 Å². The van der Waals surface area contributed by atoms with Crippen LogP contribution in [0.15, 0.2) is 18.2 Å². The smallest absolute Gasteiger partial charge is 0.241 e. The first-order chi connectivity index (χ1) is 11.5. The van der Waals surface area contributed by atoms with Crippen LogP contribution < -0.4 is 5.32 Å². The molecule has 2 fully saturated rings. The molecule has 1 atom stereocenters. The molecule has 1 amide bonds. The molecule has 1 aromatic carbocycles. The lowest BCUT2D eigenvalue weighted by atomic mass is 10.0. The fraction of sp³-hybridized carbons (Fsp3) is 0.632. The molecule has 0 aromatic heterocycles. The average molecular weight is 333 g/mol. The Bertz CT molecular complexity index is 578. The van der Waals surface area contributed by atoms with Gasteiger partial charge in [-0.3, -0.25) is 9.69 Å². The molecule has 2 heterocycles. The highest BCUT2D eigenvalue weighted by Crippen LogP contribution is 2.22. The zero-order chi connectivity index (χ0) is 17.1. The van der Waals surface area contributed by atoms with E-state index in [1.165, 1.54) is 32.0 Å². The molecule has 2 aliphatic rings. The monoisotopic (exact) mass is 333 g/mol. The molecule has 0 bridgehead atoms. The molecule has 1 aromatic rings. The molecule has 0 saturated carbocycles. The number of hydrogen-bond donors (Lipinski definition) is 1. The van der Waals surface area contributed by atoms with Gasteiger partial charge in [0.05, 0.1) is 6.04 Å². The van der Waals surface area contributed by atoms with Crippen molar-refractivity contribution in [1.29, 1.82) is 0 Å². The number of amides is 1. The first-order valence-electron chi connectivity index (χ1n) is 9.09. The van der Waals surface area contributed by atoms with Crippen molar-refractivity contribution < 1.29 is 9.18 Å². The van der Waals surface area contributed by atoms with Crippen molar-refractivity contribution in [2.75, 3.05) is 31.5 Å². The van der Waals surface area contributed by atoms with E-state index >= 15 is 0 Å². The predicted molar refractivity (Wildman–Crippen MR) is 94.6 cm³/mol. The van der Waals surface area contributed by atoms with Crippen LogP contribution >= 0.6 is 0 Å². The van der Waals surface area contributed by atoms with E-state index in [4.69, 9.17) is 0 Å². The number of hydrogen-bond acceptors (Lipinski definition) is 3. The van der Waals surface area contributed by atoms with Gasteiger partial charge >= 0.3 is 0 Å². The molecule has 3 rings (SSSR count). The van der Waals surface area contributed by atoms with Crippen molar-refractivity contribution in [3.05, 3.63) is 29.6 Å². The summed E-state index contributed by atoms with van der Waals surface area (Å²) < 4.78 is 13.6. The standard InChI is InChI=1S/C19H28FN3O/c1-14-5-6-16(13-18(14)20)21-19(24)15(2)22-11-7-17(8-12-22)23-9-3-4-10-23/h5-6,13,15,17H,3-4,7-12H2,1-2H3,(H,21,24). The maximum absolute atomic E-state index is 13.6. The second kappa shape index (κ2) is 7.62. The van der Waals surface area contributed by atoms with E-state index < -0.39 is 0 Å². The largest absolute Gasteiger partial charge is 0.325 e. The summed E-state index contributed by atoms with van der Waals surface area (Å²) in [6.07, 6.45) is 4.92. The molecule has 5 heteroatoms. The summed E-state index contributed by atoms with van der Waals surface area (Å²) in [6, 6.07) is 5.33. The molecule has 1 N–H and O–H groups in total. The third kappa shape index (κ3) is 3.95. The Morgan fingerprint density at radius 1 is 1.21 bits per heavy atom. The van der Waals surface area contributed by atoms with Crippen molar-refractivity contribution in [3.63, 3.8) is 0 Å². The summed E-state index contributed by atoms with van der Waals surface area (Å²) >= 11 is 0. The van der Waals surface area contributed by atoms with Gasteiger partial charge in [0.2, 0.25) is 5.91 Å². The molecule has 4 nitrogen and oxygen atoms in total. The number of halogens is 1. The van der Waals surface area contributed by atoms with E-state index in [0.717, 1.165) is 25.9 Å². The van der Waals surface area contributed by atoms with Gasteiger partial charge in [0, 0.05) is 24.8 Å². The zero-order valence-corrected chi connectivity index (χ0v) is 14.7. The molecule has 2 saturated heterocycles. The molecular formula is C19H28FN3O. The second-order valence-electron chi connectivity index (χ2n) is 7.14. The average Bonchev–Trinajstić information content (AvgIpc) is 3.12. The number of piperidine rings is 1. The van der Waals surface area contributed by atoms with Gasteiger partial charge in [-0.25, -0.2) is 4.39 Å². The fourth-order valence-corrected chi connectivity index (χ4v) is 3.83. The topological polar surface area (TPSA) is 35.6 Å². The van der Waals surface area contributed by atoms with Crippen molar-refractivity contribution in [2.45, 2.75) is 51.6 Å². The molecular weight excluding hydrogens is 305 g/mol. The van der Waals surface area contributed by atoms with Crippen LogP contribution in [0.3, 0.4) is 0 Å². The van der Waals surface area contributed by atoms with E-state index in [1.807, 2.05) is 6.92 Å². The third-order valence-electron chi connectivity index (χ3n) is 5.52. The lowest BCUT2D eigenvalue weighted by Crippen LogP contribution is -2.50. The van der Waals surface area contributed by atoms with Gasteiger partial charge in [-0.15, -0.1) is 0 Å². The Labute approximate surface area is 144 Å². The van der Waals surface area contributed by atoms with Crippen molar-refractivity contribution >= 4 is 11.6 Å². The zero-order valence-electron chi connectivity index (χ0n) is 14.7. The summed E-state index contributed by atoms with van der Waals surface area (Å²) in [6.45, 7) is 8.04. The number of nitrogens with one attached hydrogen (secondary N) is 1. The Morgan fingerprint density at radius 2 is 1.88 bits per heavy atom. The van der Waals surface area contributed by atoms with Gasteiger partial charge in [-0.2, -0.15) is 0 Å². The highest BCUT2D eigenvalue weighted by molar-refractivity contribution is 5.94. The first-order valence-corrected chi connectivity index (χ1v) is 9.09. The van der Waals surface area contributed by atoms with E-state index in [9.17, 15) is 9.18 Å². The Balaban J connectivity index is 1.51. The summed E-state index contributed by atoms with van der Waals surface area (Å²) in [5.41, 5.74) is 1.12. The van der Waals surface area contributed by atoms with Crippen LogP contribution in [0.1, 0.15) is 38.2 Å². The number of nitrogens with zero attached hydrogens (tertiary/aromatic N) is 2. The minimum atomic E-state index is -0.285. The molecule has 2 aliphatic heterocycles. The number of carbonyl (C=O) groups is 1. The van der Waals surface area contributed by atoms with Crippen molar-refractivity contribution in [3.8, 4) is 0 Å². The van der Waals surface area contributed by atoms with Crippen LogP contribution in [0.25, 0.3) is 0 Å². The minimum absolute atomic E-state index is 0.0575. The summed E-state index contributed by atoms with van der Waals surface area (Å²) in [7, 11) is 0. The number of benzene rings is 1. The molecule has 0 spiro atoms. The van der Waals surface area contributed by atoms with Gasteiger partial charge in [0.25, 0.3) is 0 Å². The lowest BCUT2D eigenvalue weighted by Gasteiger charge is -2.38. The van der Waals surface area contributed by atoms with Crippen LogP contribution in [0.5, 0.6) is 0 Å². The van der Waals surface area contributed by atoms with E-state index in [1.54, 1.807) is 19.1 Å². The second-order valence-corrected chi connectivity index (χ2v) is 7.14. The Hall–Kier alpha value is -1.46. The van der Waals surface area contributed by atoms with Crippen LogP contribution in [0.2, 0.25) is 0 Å². The SMILES string of the molecule is Cc1ccc(NC(=O)C(C)N2CCC(N3CCCC3)CC2)cc1F. The number of anilines is 1. The van der Waals surface area contributed by atoms with Gasteiger partial charge < -0.3 is 10.2 Å². The first kappa shape index (κ1) is 17.4. The highest BCUT2D eigenvalue weighted by atomic mass is 19.1. The minimum Gasteiger partial charge on any atom is -0.325 e. The molecule has 0 radical (unpaired) electrons. The van der Waals surface area contributed by atoms with E-state index in [0.29, 0.717) is 17.3 Å². The van der Waals surface area contributed by atoms with Crippen LogP contribution in [0.4, 0.5) is 10.1 Å². The van der Waals surface area contributed by atoms with Crippen LogP contribution in [0, 0.1) is 12.7 Å². The molecule has 24 heavy (non-hydrogen) atoms. The fourth-order valence-electron chi connectivity index (χ4n) is 3.83. The Morgan fingerprint density at radius 3 is 2.50 bits per heavy atom. The molecule has 132 valence electrons. The quantitative estimate of drug-likeness (QED) is 0.920. The van der Waals surface area contributed by atoms with Crippen molar-refractivity contribution in [2.24, 2.45) is 0 Å². The Kier molecular flexibility index (Phi) is 5.51. The predicted octanol–water partition coefficient (Wildman–Crippen LogP) is 3.02. The van der Waals surface area contributed by atoms with E-state index in [2.05, 4.69) is 15.1 Å². The maximum atomic E-state index is 13.6. The van der Waals surface area contributed by atoms with Gasteiger partial charge in [0.1, 0.15) is 5.82 Å². The third-order valence-corrected chi connectivity index (χ3v) is 5.52. The maximum Gasteiger partial charge on any atom is 0.241 e. The number of likely N-dealkylation sites (tertiary alicyclic amines) is 2. The lowest BCUT2D eigenvalue weighted by molar-refractivity contribution is -0.121.